The number of aliphatic imine (C=N–C) groups is 1. The third-order valence-corrected chi connectivity index (χ3v) is 4.25. The molecule has 0 unspecified atom stereocenters. The van der Waals surface area contributed by atoms with Crippen LogP contribution in [0.3, 0.4) is 0 Å². The Morgan fingerprint density at radius 1 is 1.29 bits per heavy atom. The van der Waals surface area contributed by atoms with E-state index in [0.29, 0.717) is 0 Å². The number of nitrogens with zero attached hydrogens (tertiary/aromatic N) is 3. The molecule has 0 N–H and O–H groups in total. The zero-order chi connectivity index (χ0) is 16.6. The lowest BCUT2D eigenvalue weighted by molar-refractivity contribution is -0.114. The number of hydrogen-bond donors (Lipinski definition) is 0. The Bertz CT molecular complexity index is 426. The highest BCUT2D eigenvalue weighted by Crippen LogP contribution is 2.30. The Balaban J connectivity index is 5.97. The molecule has 0 aromatic heterocycles. The van der Waals surface area contributed by atoms with Gasteiger partial charge in [-0.1, -0.05) is 13.5 Å². The van der Waals surface area contributed by atoms with Crippen LogP contribution in [0.25, 0.3) is 0 Å². The lowest BCUT2D eigenvalue weighted by Crippen LogP contribution is -2.45. The van der Waals surface area contributed by atoms with Gasteiger partial charge in [-0.2, -0.15) is 0 Å². The molecule has 0 spiro atoms. The van der Waals surface area contributed by atoms with Crippen LogP contribution in [-0.2, 0) is 4.79 Å². The van der Waals surface area contributed by atoms with E-state index in [0.717, 1.165) is 30.8 Å². The van der Waals surface area contributed by atoms with Gasteiger partial charge in [0.1, 0.15) is 0 Å². The summed E-state index contributed by atoms with van der Waals surface area (Å²) in [5.41, 5.74) is 1.52. The van der Waals surface area contributed by atoms with Gasteiger partial charge in [-0.25, -0.2) is 0 Å². The fourth-order valence-electron chi connectivity index (χ4n) is 2.43. The van der Waals surface area contributed by atoms with E-state index < -0.39 is 0 Å². The summed E-state index contributed by atoms with van der Waals surface area (Å²) >= 11 is 0. The zero-order valence-corrected chi connectivity index (χ0v) is 14.7. The van der Waals surface area contributed by atoms with Gasteiger partial charge in [-0.3, -0.25) is 9.79 Å². The van der Waals surface area contributed by atoms with Crippen molar-refractivity contribution in [2.45, 2.75) is 53.5 Å². The summed E-state index contributed by atoms with van der Waals surface area (Å²) in [7, 11) is 2.01. The molecule has 1 atom stereocenters. The minimum absolute atomic E-state index is 0.0646. The van der Waals surface area contributed by atoms with Gasteiger partial charge in [-0.05, 0) is 45.9 Å². The van der Waals surface area contributed by atoms with E-state index in [2.05, 4.69) is 30.3 Å². The third kappa shape index (κ3) is 4.45. The average molecular weight is 293 g/mol. The molecule has 0 heterocycles. The van der Waals surface area contributed by atoms with E-state index in [1.165, 1.54) is 0 Å². The van der Waals surface area contributed by atoms with Crippen LogP contribution in [0.2, 0.25) is 0 Å². The van der Waals surface area contributed by atoms with E-state index in [1.54, 1.807) is 13.1 Å². The minimum Gasteiger partial charge on any atom is -0.357 e. The summed E-state index contributed by atoms with van der Waals surface area (Å²) in [5, 5.41) is 0. The molecule has 0 aliphatic rings. The van der Waals surface area contributed by atoms with Crippen molar-refractivity contribution in [2.24, 2.45) is 4.99 Å². The van der Waals surface area contributed by atoms with Crippen LogP contribution < -0.4 is 0 Å². The first-order valence-corrected chi connectivity index (χ1v) is 7.64. The second kappa shape index (κ2) is 8.65. The molecule has 0 saturated heterocycles. The molecular weight excluding hydrogens is 262 g/mol. The number of Topliss-reactive ketones (excluding diaryl/α,β-unsaturated/α-hetero) is 1. The summed E-state index contributed by atoms with van der Waals surface area (Å²) in [6, 6.07) is 0. The van der Waals surface area contributed by atoms with Crippen LogP contribution in [0, 0.1) is 0 Å². The topological polar surface area (TPSA) is 35.9 Å². The SMILES string of the molecule is C=CN(CC)/C(C(C)=O)=C(/C)[C@@](C)(CC)N(C)C=NCC. The molecule has 0 saturated carbocycles. The average Bonchev–Trinajstić information content (AvgIpc) is 2.47. The van der Waals surface area contributed by atoms with E-state index in [-0.39, 0.29) is 11.3 Å². The molecule has 0 fully saturated rings. The monoisotopic (exact) mass is 293 g/mol. The first kappa shape index (κ1) is 19.4. The van der Waals surface area contributed by atoms with Gasteiger partial charge < -0.3 is 9.80 Å². The lowest BCUT2D eigenvalue weighted by Gasteiger charge is -2.40. The Hall–Kier alpha value is -1.58. The molecule has 21 heavy (non-hydrogen) atoms. The minimum atomic E-state index is -0.254. The molecule has 0 aliphatic heterocycles. The second-order valence-corrected chi connectivity index (χ2v) is 5.35. The quantitative estimate of drug-likeness (QED) is 0.371. The van der Waals surface area contributed by atoms with Gasteiger partial charge >= 0.3 is 0 Å². The van der Waals surface area contributed by atoms with Gasteiger partial charge in [0.05, 0.1) is 17.6 Å². The number of ketones is 1. The van der Waals surface area contributed by atoms with Crippen LogP contribution >= 0.6 is 0 Å². The number of likely N-dealkylation sites (N-methyl/N-ethyl adjacent to an activating group) is 2. The highest BCUT2D eigenvalue weighted by Gasteiger charge is 2.32. The molecule has 120 valence electrons. The molecule has 0 bridgehead atoms. The van der Waals surface area contributed by atoms with Gasteiger partial charge in [0.2, 0.25) is 0 Å². The highest BCUT2D eigenvalue weighted by atomic mass is 16.1. The molecule has 0 aliphatic carbocycles. The van der Waals surface area contributed by atoms with Crippen molar-refractivity contribution in [3.05, 3.63) is 24.0 Å². The normalized spacial score (nSPS) is 15.4. The fraction of sp³-hybridized carbons (Fsp3) is 0.647. The molecular formula is C17H31N3O. The smallest absolute Gasteiger partial charge is 0.176 e. The van der Waals surface area contributed by atoms with Crippen LogP contribution in [0.1, 0.15) is 48.0 Å². The van der Waals surface area contributed by atoms with E-state index in [1.807, 2.05) is 39.1 Å². The molecule has 0 radical (unpaired) electrons. The van der Waals surface area contributed by atoms with E-state index in [4.69, 9.17) is 0 Å². The summed E-state index contributed by atoms with van der Waals surface area (Å²) in [5.74, 6) is 0.0646. The molecule has 4 nitrogen and oxygen atoms in total. The number of carbonyl (C=O) groups excluding carboxylic acids is 1. The van der Waals surface area contributed by atoms with Crippen LogP contribution in [-0.4, -0.2) is 47.6 Å². The highest BCUT2D eigenvalue weighted by molar-refractivity contribution is 5.94. The van der Waals surface area contributed by atoms with Crippen molar-refractivity contribution in [3.8, 4) is 0 Å². The van der Waals surface area contributed by atoms with Crippen molar-refractivity contribution in [2.75, 3.05) is 20.1 Å². The largest absolute Gasteiger partial charge is 0.357 e. The van der Waals surface area contributed by atoms with Crippen LogP contribution in [0.4, 0.5) is 0 Å². The number of hydrogen-bond acceptors (Lipinski definition) is 3. The summed E-state index contributed by atoms with van der Waals surface area (Å²) in [6.07, 6.45) is 4.46. The van der Waals surface area contributed by atoms with Gasteiger partial charge in [-0.15, -0.1) is 0 Å². The fourth-order valence-corrected chi connectivity index (χ4v) is 2.43. The van der Waals surface area contributed by atoms with Crippen molar-refractivity contribution in [1.82, 2.24) is 9.80 Å². The van der Waals surface area contributed by atoms with E-state index >= 15 is 0 Å². The first-order valence-electron chi connectivity index (χ1n) is 7.64. The maximum absolute atomic E-state index is 12.1. The van der Waals surface area contributed by atoms with Crippen molar-refractivity contribution < 1.29 is 4.79 Å². The Morgan fingerprint density at radius 2 is 1.86 bits per heavy atom. The van der Waals surface area contributed by atoms with Gasteiger partial charge in [0.25, 0.3) is 0 Å². The maximum atomic E-state index is 12.1. The van der Waals surface area contributed by atoms with Crippen molar-refractivity contribution >= 4 is 12.1 Å². The van der Waals surface area contributed by atoms with Crippen molar-refractivity contribution in [1.29, 1.82) is 0 Å². The molecule has 0 aromatic rings. The molecule has 0 rings (SSSR count). The first-order chi connectivity index (χ1) is 9.79. The molecule has 0 aromatic carbocycles. The predicted molar refractivity (Wildman–Crippen MR) is 91.5 cm³/mol. The van der Waals surface area contributed by atoms with Gasteiger partial charge in [0, 0.05) is 27.1 Å². The third-order valence-electron chi connectivity index (χ3n) is 4.25. The standard InChI is InChI=1S/C17H31N3O/c1-9-17(7,19(8)13-18-10-2)14(5)16(15(6)21)20(11-3)12-4/h11,13H,3,9-10,12H2,1-2,4-8H3/b16-14-,18-13?/t17-/m1/s1. The summed E-state index contributed by atoms with van der Waals surface area (Å²) in [6.45, 7) is 17.2. The Morgan fingerprint density at radius 3 is 2.19 bits per heavy atom. The predicted octanol–water partition coefficient (Wildman–Crippen LogP) is 3.46. The number of rotatable bonds is 9. The van der Waals surface area contributed by atoms with Gasteiger partial charge in [0.15, 0.2) is 5.78 Å². The zero-order valence-electron chi connectivity index (χ0n) is 14.7. The summed E-state index contributed by atoms with van der Waals surface area (Å²) < 4.78 is 0. The maximum Gasteiger partial charge on any atom is 0.176 e. The number of allylic oxidation sites excluding steroid dienone is 1. The van der Waals surface area contributed by atoms with E-state index in [9.17, 15) is 4.79 Å². The number of carbonyl (C=O) groups is 1. The lowest BCUT2D eigenvalue weighted by atomic mass is 9.86. The van der Waals surface area contributed by atoms with Crippen molar-refractivity contribution in [3.63, 3.8) is 0 Å². The second-order valence-electron chi connectivity index (χ2n) is 5.35. The summed E-state index contributed by atoms with van der Waals surface area (Å²) in [4.78, 5) is 20.5. The van der Waals surface area contributed by atoms with Crippen LogP contribution in [0.5, 0.6) is 0 Å². The Labute approximate surface area is 130 Å². The molecule has 4 heteroatoms. The Kier molecular flexibility index (Phi) is 8.00. The van der Waals surface area contributed by atoms with Crippen LogP contribution in [0.15, 0.2) is 29.0 Å². The molecule has 0 amide bonds.